The van der Waals surface area contributed by atoms with Gasteiger partial charge in [-0.25, -0.2) is 0 Å². The van der Waals surface area contributed by atoms with Crippen molar-refractivity contribution in [1.29, 1.82) is 0 Å². The lowest BCUT2D eigenvalue weighted by atomic mass is 10.2. The zero-order valence-electron chi connectivity index (χ0n) is 8.95. The van der Waals surface area contributed by atoms with E-state index in [0.717, 1.165) is 0 Å². The molecule has 0 radical (unpaired) electrons. The van der Waals surface area contributed by atoms with Crippen LogP contribution in [0.5, 0.6) is 0 Å². The van der Waals surface area contributed by atoms with E-state index in [1.165, 1.54) is 4.68 Å². The van der Waals surface area contributed by atoms with Gasteiger partial charge >= 0.3 is 5.97 Å². The Hall–Kier alpha value is -2.18. The Morgan fingerprint density at radius 1 is 1.56 bits per heavy atom. The number of carboxylic acids is 1. The van der Waals surface area contributed by atoms with Gasteiger partial charge in [-0.3, -0.25) is 9.48 Å². The zero-order chi connectivity index (χ0) is 11.7. The molecule has 0 bridgehead atoms. The highest BCUT2D eigenvalue weighted by atomic mass is 16.4. The van der Waals surface area contributed by atoms with Crippen molar-refractivity contribution in [1.82, 2.24) is 24.8 Å². The maximum atomic E-state index is 10.6. The molecule has 2 rings (SSSR count). The van der Waals surface area contributed by atoms with Crippen LogP contribution in [0.3, 0.4) is 0 Å². The molecule has 0 fully saturated rings. The Labute approximate surface area is 91.3 Å². The van der Waals surface area contributed by atoms with Crippen LogP contribution in [0, 0.1) is 6.92 Å². The van der Waals surface area contributed by atoms with Crippen LogP contribution in [-0.4, -0.2) is 35.9 Å². The summed E-state index contributed by atoms with van der Waals surface area (Å²) in [6.45, 7) is 1.77. The summed E-state index contributed by atoms with van der Waals surface area (Å²) >= 11 is 0. The quantitative estimate of drug-likeness (QED) is 0.784. The largest absolute Gasteiger partial charge is 0.481 e. The fraction of sp³-hybridized carbons (Fsp3) is 0.333. The van der Waals surface area contributed by atoms with Crippen LogP contribution in [-0.2, 0) is 18.3 Å². The summed E-state index contributed by atoms with van der Waals surface area (Å²) in [5.74, 6) is -0.291. The number of aromatic nitrogens is 5. The number of aryl methyl sites for hydroxylation is 1. The lowest BCUT2D eigenvalue weighted by Crippen LogP contribution is -2.04. The number of rotatable bonds is 3. The summed E-state index contributed by atoms with van der Waals surface area (Å²) < 4.78 is 3.17. The number of hydrogen-bond acceptors (Lipinski definition) is 4. The van der Waals surface area contributed by atoms with Crippen molar-refractivity contribution in [2.24, 2.45) is 7.05 Å². The van der Waals surface area contributed by atoms with E-state index in [9.17, 15) is 4.79 Å². The molecule has 2 heterocycles. The topological polar surface area (TPSA) is 85.8 Å². The predicted octanol–water partition coefficient (Wildman–Crippen LogP) is -0.0637. The first-order chi connectivity index (χ1) is 7.58. The van der Waals surface area contributed by atoms with Crippen molar-refractivity contribution >= 4 is 5.97 Å². The molecule has 0 saturated carbocycles. The number of carboxylic acid groups (broad SMARTS) is 1. The van der Waals surface area contributed by atoms with Crippen LogP contribution in [0.4, 0.5) is 0 Å². The van der Waals surface area contributed by atoms with E-state index in [1.54, 1.807) is 30.9 Å². The maximum absolute atomic E-state index is 10.6. The van der Waals surface area contributed by atoms with Crippen LogP contribution in [0.1, 0.15) is 11.4 Å². The second-order valence-corrected chi connectivity index (χ2v) is 3.45. The molecule has 1 N–H and O–H groups in total. The average molecular weight is 221 g/mol. The fourth-order valence-electron chi connectivity index (χ4n) is 1.40. The predicted molar refractivity (Wildman–Crippen MR) is 54.2 cm³/mol. The summed E-state index contributed by atoms with van der Waals surface area (Å²) in [4.78, 5) is 10.6. The van der Waals surface area contributed by atoms with Gasteiger partial charge in [-0.05, 0) is 6.92 Å². The van der Waals surface area contributed by atoms with Crippen molar-refractivity contribution < 1.29 is 9.90 Å². The average Bonchev–Trinajstić information content (AvgIpc) is 2.74. The first kappa shape index (κ1) is 10.3. The molecule has 0 atom stereocenters. The van der Waals surface area contributed by atoms with Crippen LogP contribution in [0.2, 0.25) is 0 Å². The van der Waals surface area contributed by atoms with E-state index in [2.05, 4.69) is 15.4 Å². The maximum Gasteiger partial charge on any atom is 0.309 e. The van der Waals surface area contributed by atoms with Crippen molar-refractivity contribution in [3.63, 3.8) is 0 Å². The third kappa shape index (κ3) is 1.79. The third-order valence-corrected chi connectivity index (χ3v) is 2.23. The van der Waals surface area contributed by atoms with Gasteiger partial charge < -0.3 is 5.11 Å². The van der Waals surface area contributed by atoms with E-state index in [0.29, 0.717) is 17.2 Å². The van der Waals surface area contributed by atoms with E-state index in [1.807, 2.05) is 0 Å². The van der Waals surface area contributed by atoms with Crippen molar-refractivity contribution in [3.8, 4) is 5.82 Å². The molecule has 7 heteroatoms. The summed E-state index contributed by atoms with van der Waals surface area (Å²) in [5, 5.41) is 20.5. The van der Waals surface area contributed by atoms with Crippen LogP contribution >= 0.6 is 0 Å². The summed E-state index contributed by atoms with van der Waals surface area (Å²) in [6.07, 6.45) is 1.66. The van der Waals surface area contributed by atoms with Gasteiger partial charge in [0.1, 0.15) is 0 Å². The first-order valence-corrected chi connectivity index (χ1v) is 4.71. The first-order valence-electron chi connectivity index (χ1n) is 4.71. The molecule has 7 nitrogen and oxygen atoms in total. The minimum atomic E-state index is -0.920. The monoisotopic (exact) mass is 221 g/mol. The summed E-state index contributed by atoms with van der Waals surface area (Å²) in [7, 11) is 1.80. The Balaban J connectivity index is 2.36. The van der Waals surface area contributed by atoms with E-state index in [4.69, 9.17) is 5.11 Å². The summed E-state index contributed by atoms with van der Waals surface area (Å²) in [5.41, 5.74) is 1.15. The van der Waals surface area contributed by atoms with Crippen molar-refractivity contribution in [3.05, 3.63) is 23.7 Å². The smallest absolute Gasteiger partial charge is 0.309 e. The minimum Gasteiger partial charge on any atom is -0.481 e. The molecule has 84 valence electrons. The van der Waals surface area contributed by atoms with Crippen LogP contribution in [0.15, 0.2) is 12.3 Å². The normalized spacial score (nSPS) is 10.6. The highest BCUT2D eigenvalue weighted by molar-refractivity contribution is 5.69. The van der Waals surface area contributed by atoms with E-state index >= 15 is 0 Å². The van der Waals surface area contributed by atoms with Gasteiger partial charge in [-0.1, -0.05) is 5.21 Å². The fourth-order valence-corrected chi connectivity index (χ4v) is 1.40. The molecule has 0 aromatic carbocycles. The zero-order valence-corrected chi connectivity index (χ0v) is 8.95. The highest BCUT2D eigenvalue weighted by Crippen LogP contribution is 2.10. The van der Waals surface area contributed by atoms with Gasteiger partial charge in [0, 0.05) is 19.3 Å². The number of carbonyl (C=O) groups is 1. The van der Waals surface area contributed by atoms with Crippen molar-refractivity contribution in [2.45, 2.75) is 13.3 Å². The van der Waals surface area contributed by atoms with Gasteiger partial charge in [-0.2, -0.15) is 9.78 Å². The molecule has 2 aromatic heterocycles. The highest BCUT2D eigenvalue weighted by Gasteiger charge is 2.13. The van der Waals surface area contributed by atoms with Crippen LogP contribution in [0.25, 0.3) is 5.82 Å². The van der Waals surface area contributed by atoms with Gasteiger partial charge in [-0.15, -0.1) is 5.10 Å². The van der Waals surface area contributed by atoms with E-state index < -0.39 is 5.97 Å². The Morgan fingerprint density at radius 2 is 2.31 bits per heavy atom. The molecule has 0 aliphatic carbocycles. The molecule has 0 aliphatic rings. The number of nitrogens with zero attached hydrogens (tertiary/aromatic N) is 5. The number of hydrogen-bond donors (Lipinski definition) is 1. The minimum absolute atomic E-state index is 0.126. The standard InChI is InChI=1S/C9H11N5O2/c1-6-7(5-9(15)16)10-12-14(6)8-3-4-13(2)11-8/h3-4H,5H2,1-2H3,(H,15,16). The Bertz CT molecular complexity index is 528. The molecule has 16 heavy (non-hydrogen) atoms. The molecule has 0 saturated heterocycles. The molecular formula is C9H11N5O2. The Morgan fingerprint density at radius 3 is 2.88 bits per heavy atom. The SMILES string of the molecule is Cc1c(CC(=O)O)nnn1-c1ccn(C)n1. The van der Waals surface area contributed by atoms with Crippen LogP contribution < -0.4 is 0 Å². The lowest BCUT2D eigenvalue weighted by molar-refractivity contribution is -0.136. The number of aliphatic carboxylic acids is 1. The molecule has 0 spiro atoms. The Kier molecular flexibility index (Phi) is 2.43. The third-order valence-electron chi connectivity index (χ3n) is 2.23. The second-order valence-electron chi connectivity index (χ2n) is 3.45. The molecule has 0 unspecified atom stereocenters. The van der Waals surface area contributed by atoms with Gasteiger partial charge in [0.15, 0.2) is 5.82 Å². The lowest BCUT2D eigenvalue weighted by Gasteiger charge is -1.97. The van der Waals surface area contributed by atoms with Gasteiger partial charge in [0.2, 0.25) is 0 Å². The summed E-state index contributed by atoms with van der Waals surface area (Å²) in [6, 6.07) is 1.78. The molecule has 0 aliphatic heterocycles. The molecule has 0 amide bonds. The van der Waals surface area contributed by atoms with E-state index in [-0.39, 0.29) is 6.42 Å². The molecule has 2 aromatic rings. The second kappa shape index (κ2) is 3.76. The van der Waals surface area contributed by atoms with Gasteiger partial charge in [0.05, 0.1) is 17.8 Å². The van der Waals surface area contributed by atoms with Gasteiger partial charge in [0.25, 0.3) is 0 Å². The van der Waals surface area contributed by atoms with Crippen molar-refractivity contribution in [2.75, 3.05) is 0 Å². The molecular weight excluding hydrogens is 210 g/mol.